The zero-order chi connectivity index (χ0) is 22.4. The Labute approximate surface area is 175 Å². The highest BCUT2D eigenvalue weighted by molar-refractivity contribution is 6.01. The van der Waals surface area contributed by atoms with Gasteiger partial charge in [0.2, 0.25) is 0 Å². The Morgan fingerprint density at radius 2 is 1.70 bits per heavy atom. The van der Waals surface area contributed by atoms with Crippen molar-refractivity contribution in [3.8, 4) is 0 Å². The van der Waals surface area contributed by atoms with E-state index < -0.39 is 30.4 Å². The van der Waals surface area contributed by atoms with Crippen molar-refractivity contribution in [2.75, 3.05) is 12.0 Å². The number of nitrogens with one attached hydrogen (secondary N) is 2. The first-order valence-electron chi connectivity index (χ1n) is 9.51. The maximum absolute atomic E-state index is 12.7. The number of anilines is 1. The van der Waals surface area contributed by atoms with E-state index in [0.717, 1.165) is 10.6 Å². The average Bonchev–Trinajstić information content (AvgIpc) is 2.99. The van der Waals surface area contributed by atoms with E-state index in [1.807, 2.05) is 19.1 Å². The molecule has 1 heterocycles. The number of aryl methyl sites for hydroxylation is 1. The van der Waals surface area contributed by atoms with E-state index in [9.17, 15) is 14.4 Å². The highest BCUT2D eigenvalue weighted by atomic mass is 16.7. The number of amides is 2. The predicted octanol–water partition coefficient (Wildman–Crippen LogP) is 3.63. The third kappa shape index (κ3) is 6.00. The van der Waals surface area contributed by atoms with Crippen LogP contribution in [0, 0.1) is 6.92 Å². The van der Waals surface area contributed by atoms with Gasteiger partial charge in [0.15, 0.2) is 0 Å². The molecule has 0 unspecified atom stereocenters. The van der Waals surface area contributed by atoms with Gasteiger partial charge in [0.25, 0.3) is 5.91 Å². The van der Waals surface area contributed by atoms with Crippen LogP contribution in [0.15, 0.2) is 47.9 Å². The summed E-state index contributed by atoms with van der Waals surface area (Å²) in [4.78, 5) is 37.0. The summed E-state index contributed by atoms with van der Waals surface area (Å²) in [6.45, 7) is 12.5. The lowest BCUT2D eigenvalue weighted by Gasteiger charge is -2.26. The second-order valence-corrected chi connectivity index (χ2v) is 7.19. The molecule has 1 aliphatic heterocycles. The van der Waals surface area contributed by atoms with Crippen molar-refractivity contribution in [2.24, 2.45) is 0 Å². The molecule has 9 heteroatoms. The molecule has 2 rings (SSSR count). The van der Waals surface area contributed by atoms with Crippen molar-refractivity contribution >= 4 is 23.8 Å². The molecule has 162 valence electrons. The smallest absolute Gasteiger partial charge is 0.445 e. The molecule has 9 nitrogen and oxygen atoms in total. The standard InChI is InChI=1S/C21H27N3O6/c1-12(2)28-20(26)24(23-16-9-7-14(5)8-10-16)15(6)18-17(11-22-19(18)25)30-21(27)29-13(3)4/h7-10,12-13,23H,6,11H2,1-5H3,(H,22,25). The first-order valence-corrected chi connectivity index (χ1v) is 9.51. The van der Waals surface area contributed by atoms with E-state index in [2.05, 4.69) is 17.3 Å². The quantitative estimate of drug-likeness (QED) is 0.515. The maximum Gasteiger partial charge on any atom is 0.513 e. The van der Waals surface area contributed by atoms with Crippen molar-refractivity contribution in [3.05, 3.63) is 53.4 Å². The fraction of sp³-hybridized carbons (Fsp3) is 0.381. The zero-order valence-electron chi connectivity index (χ0n) is 17.8. The van der Waals surface area contributed by atoms with Gasteiger partial charge in [0.1, 0.15) is 11.3 Å². The molecule has 1 aliphatic rings. The SMILES string of the molecule is C=C(C1=C(OC(=O)OC(C)C)CNC1=O)N(Nc1ccc(C)cc1)C(=O)OC(C)C. The van der Waals surface area contributed by atoms with E-state index in [4.69, 9.17) is 14.2 Å². The number of carbonyl (C=O) groups excluding carboxylic acids is 3. The van der Waals surface area contributed by atoms with Crippen LogP contribution in [0.2, 0.25) is 0 Å². The van der Waals surface area contributed by atoms with Crippen LogP contribution in [-0.2, 0) is 19.0 Å². The first-order chi connectivity index (χ1) is 14.1. The Hall–Kier alpha value is -3.49. The Morgan fingerprint density at radius 1 is 1.10 bits per heavy atom. The van der Waals surface area contributed by atoms with Crippen LogP contribution < -0.4 is 10.7 Å². The number of carbonyl (C=O) groups is 3. The zero-order valence-corrected chi connectivity index (χ0v) is 17.8. The fourth-order valence-electron chi connectivity index (χ4n) is 2.51. The average molecular weight is 417 g/mol. The number of hydrogen-bond donors (Lipinski definition) is 2. The summed E-state index contributed by atoms with van der Waals surface area (Å²) in [5, 5.41) is 3.55. The second-order valence-electron chi connectivity index (χ2n) is 7.19. The molecule has 2 amide bonds. The Bertz CT molecular complexity index is 858. The summed E-state index contributed by atoms with van der Waals surface area (Å²) in [7, 11) is 0. The molecule has 1 aromatic carbocycles. The van der Waals surface area contributed by atoms with Gasteiger partial charge in [-0.3, -0.25) is 10.2 Å². The Balaban J connectivity index is 2.34. The van der Waals surface area contributed by atoms with Crippen molar-refractivity contribution in [2.45, 2.75) is 46.8 Å². The van der Waals surface area contributed by atoms with Crippen LogP contribution in [0.4, 0.5) is 15.3 Å². The van der Waals surface area contributed by atoms with Gasteiger partial charge in [-0.1, -0.05) is 24.3 Å². The van der Waals surface area contributed by atoms with Gasteiger partial charge in [0, 0.05) is 0 Å². The van der Waals surface area contributed by atoms with Crippen LogP contribution >= 0.6 is 0 Å². The van der Waals surface area contributed by atoms with Gasteiger partial charge in [0.05, 0.1) is 30.1 Å². The third-order valence-electron chi connectivity index (χ3n) is 3.82. The highest BCUT2D eigenvalue weighted by Crippen LogP contribution is 2.25. The summed E-state index contributed by atoms with van der Waals surface area (Å²) in [5.74, 6) is -0.538. The van der Waals surface area contributed by atoms with E-state index in [0.29, 0.717) is 5.69 Å². The molecule has 30 heavy (non-hydrogen) atoms. The van der Waals surface area contributed by atoms with Crippen LogP contribution in [0.1, 0.15) is 33.3 Å². The minimum Gasteiger partial charge on any atom is -0.445 e. The molecule has 0 aliphatic carbocycles. The van der Waals surface area contributed by atoms with Crippen LogP contribution in [0.25, 0.3) is 0 Å². The molecule has 0 spiro atoms. The maximum atomic E-state index is 12.7. The molecule has 0 saturated carbocycles. The molecule has 2 N–H and O–H groups in total. The van der Waals surface area contributed by atoms with E-state index in [1.54, 1.807) is 39.8 Å². The first kappa shape index (κ1) is 22.8. The van der Waals surface area contributed by atoms with Crippen molar-refractivity contribution in [3.63, 3.8) is 0 Å². The largest absolute Gasteiger partial charge is 0.513 e. The summed E-state index contributed by atoms with van der Waals surface area (Å²) in [6, 6.07) is 7.24. The molecule has 1 aromatic rings. The summed E-state index contributed by atoms with van der Waals surface area (Å²) >= 11 is 0. The number of ether oxygens (including phenoxy) is 3. The number of hydrazine groups is 1. The minimum absolute atomic E-state index is 0.00343. The topological polar surface area (TPSA) is 106 Å². The normalized spacial score (nSPS) is 13.2. The van der Waals surface area contributed by atoms with Crippen molar-refractivity contribution < 1.29 is 28.6 Å². The van der Waals surface area contributed by atoms with Crippen LogP contribution in [0.5, 0.6) is 0 Å². The van der Waals surface area contributed by atoms with Gasteiger partial charge in [-0.2, -0.15) is 5.01 Å². The van der Waals surface area contributed by atoms with Gasteiger partial charge >= 0.3 is 12.2 Å². The van der Waals surface area contributed by atoms with Gasteiger partial charge < -0.3 is 19.5 Å². The molecular formula is C21H27N3O6. The molecule has 0 bridgehead atoms. The molecule has 0 saturated heterocycles. The van der Waals surface area contributed by atoms with Gasteiger partial charge in [-0.05, 0) is 46.8 Å². The van der Waals surface area contributed by atoms with Crippen LogP contribution in [0.3, 0.4) is 0 Å². The summed E-state index contributed by atoms with van der Waals surface area (Å²) in [6.07, 6.45) is -2.53. The number of benzene rings is 1. The lowest BCUT2D eigenvalue weighted by molar-refractivity contribution is -0.116. The van der Waals surface area contributed by atoms with Gasteiger partial charge in [-0.25, -0.2) is 9.59 Å². The summed E-state index contributed by atoms with van der Waals surface area (Å²) < 4.78 is 15.4. The minimum atomic E-state index is -0.954. The van der Waals surface area contributed by atoms with Crippen molar-refractivity contribution in [1.82, 2.24) is 10.3 Å². The molecule has 0 fully saturated rings. The number of hydrogen-bond acceptors (Lipinski definition) is 7. The lowest BCUT2D eigenvalue weighted by atomic mass is 10.2. The lowest BCUT2D eigenvalue weighted by Crippen LogP contribution is -2.38. The third-order valence-corrected chi connectivity index (χ3v) is 3.82. The fourth-order valence-corrected chi connectivity index (χ4v) is 2.51. The number of rotatable bonds is 7. The van der Waals surface area contributed by atoms with E-state index in [-0.39, 0.29) is 23.6 Å². The van der Waals surface area contributed by atoms with Crippen LogP contribution in [-0.4, -0.2) is 41.9 Å². The second kappa shape index (κ2) is 9.82. The molecular weight excluding hydrogens is 390 g/mol. The summed E-state index contributed by atoms with van der Waals surface area (Å²) in [5.41, 5.74) is 4.40. The Morgan fingerprint density at radius 3 is 2.27 bits per heavy atom. The monoisotopic (exact) mass is 417 g/mol. The highest BCUT2D eigenvalue weighted by Gasteiger charge is 2.34. The van der Waals surface area contributed by atoms with E-state index >= 15 is 0 Å². The molecule has 0 radical (unpaired) electrons. The number of nitrogens with zero attached hydrogens (tertiary/aromatic N) is 1. The van der Waals surface area contributed by atoms with Gasteiger partial charge in [-0.15, -0.1) is 0 Å². The predicted molar refractivity (Wildman–Crippen MR) is 110 cm³/mol. The van der Waals surface area contributed by atoms with Crippen molar-refractivity contribution in [1.29, 1.82) is 0 Å². The molecule has 0 atom stereocenters. The Kier molecular flexibility index (Phi) is 7.46. The molecule has 0 aromatic heterocycles. The van der Waals surface area contributed by atoms with E-state index in [1.165, 1.54) is 0 Å².